The van der Waals surface area contributed by atoms with Gasteiger partial charge in [-0.3, -0.25) is 19.4 Å². The Morgan fingerprint density at radius 3 is 2.78 bits per heavy atom. The predicted octanol–water partition coefficient (Wildman–Crippen LogP) is 4.10. The Hall–Kier alpha value is -2.15. The fraction of sp³-hybridized carbons (Fsp3) is 0.500. The molecular formula is C20H27N3O3S. The number of aromatic nitrogens is 2. The number of ether oxygens (including phenoxy) is 1. The Balaban J connectivity index is 2.10. The number of para-hydroxylation sites is 1. The van der Waals surface area contributed by atoms with Gasteiger partial charge in [0.15, 0.2) is 0 Å². The monoisotopic (exact) mass is 389 g/mol. The van der Waals surface area contributed by atoms with Crippen molar-refractivity contribution < 1.29 is 9.53 Å². The second-order valence-electron chi connectivity index (χ2n) is 6.84. The average molecular weight is 390 g/mol. The number of hydrogen-bond acceptors (Lipinski definition) is 4. The van der Waals surface area contributed by atoms with E-state index in [1.54, 1.807) is 0 Å². The van der Waals surface area contributed by atoms with Crippen molar-refractivity contribution in [3.05, 3.63) is 45.7 Å². The lowest BCUT2D eigenvalue weighted by Gasteiger charge is -2.19. The molecule has 27 heavy (non-hydrogen) atoms. The van der Waals surface area contributed by atoms with Gasteiger partial charge in [-0.1, -0.05) is 38.5 Å². The molecular weight excluding hydrogens is 362 g/mol. The van der Waals surface area contributed by atoms with Gasteiger partial charge in [0, 0.05) is 11.6 Å². The van der Waals surface area contributed by atoms with Crippen molar-refractivity contribution in [1.82, 2.24) is 9.78 Å². The predicted molar refractivity (Wildman–Crippen MR) is 110 cm³/mol. The van der Waals surface area contributed by atoms with Crippen molar-refractivity contribution in [2.75, 3.05) is 17.7 Å². The number of anilines is 1. The summed E-state index contributed by atoms with van der Waals surface area (Å²) in [5.41, 5.74) is 1.37. The quantitative estimate of drug-likeness (QED) is 0.747. The molecule has 2 atom stereocenters. The van der Waals surface area contributed by atoms with Crippen LogP contribution in [0.1, 0.15) is 62.5 Å². The number of nitrogens with zero attached hydrogens (tertiary/aromatic N) is 1. The minimum atomic E-state index is -0.258. The first-order chi connectivity index (χ1) is 13.1. The summed E-state index contributed by atoms with van der Waals surface area (Å²) < 4.78 is 7.73. The molecule has 1 aliphatic heterocycles. The van der Waals surface area contributed by atoms with Crippen LogP contribution in [0.15, 0.2) is 29.1 Å². The summed E-state index contributed by atoms with van der Waals surface area (Å²) in [7, 11) is 0. The van der Waals surface area contributed by atoms with E-state index in [0.29, 0.717) is 23.7 Å². The molecule has 3 rings (SSSR count). The highest BCUT2D eigenvalue weighted by Crippen LogP contribution is 2.43. The number of fused-ring (bicyclic) bond motifs is 1. The number of benzene rings is 1. The van der Waals surface area contributed by atoms with Crippen molar-refractivity contribution in [2.45, 2.75) is 51.3 Å². The number of aromatic amines is 1. The highest BCUT2D eigenvalue weighted by atomic mass is 32.2. The standard InChI is InChI=1S/C20H27N3O3S/c1-4-8-13(3)23-19-17(20(25)22-23)18(27-12-16(24)21-19)14-9-6-7-10-15(14)26-11-5-2/h6-7,9-10,13,18H,4-5,8,11-12H2,1-3H3,(H,21,24)(H,22,25)/t13-,18-/m0/s1. The number of thioether (sulfide) groups is 1. The van der Waals surface area contributed by atoms with Crippen LogP contribution in [-0.4, -0.2) is 28.0 Å². The lowest BCUT2D eigenvalue weighted by atomic mass is 10.0. The van der Waals surface area contributed by atoms with Crippen molar-refractivity contribution in [2.24, 2.45) is 0 Å². The summed E-state index contributed by atoms with van der Waals surface area (Å²) in [5, 5.41) is 5.63. The molecule has 1 aromatic heterocycles. The molecule has 146 valence electrons. The van der Waals surface area contributed by atoms with Gasteiger partial charge in [0.1, 0.15) is 11.6 Å². The average Bonchev–Trinajstić information content (AvgIpc) is 2.87. The minimum absolute atomic E-state index is 0.0906. The number of H-pyrrole nitrogens is 1. The van der Waals surface area contributed by atoms with Gasteiger partial charge >= 0.3 is 0 Å². The van der Waals surface area contributed by atoms with Crippen LogP contribution in [0, 0.1) is 0 Å². The van der Waals surface area contributed by atoms with Gasteiger partial charge in [0.05, 0.1) is 23.2 Å². The molecule has 1 amide bonds. The smallest absolute Gasteiger partial charge is 0.270 e. The fourth-order valence-corrected chi connectivity index (χ4v) is 4.56. The van der Waals surface area contributed by atoms with E-state index in [1.165, 1.54) is 11.8 Å². The molecule has 0 saturated heterocycles. The molecule has 0 radical (unpaired) electrons. The Morgan fingerprint density at radius 1 is 1.26 bits per heavy atom. The molecule has 0 bridgehead atoms. The molecule has 2 heterocycles. The molecule has 0 unspecified atom stereocenters. The van der Waals surface area contributed by atoms with Crippen LogP contribution in [0.5, 0.6) is 5.75 Å². The number of carbonyl (C=O) groups excluding carboxylic acids is 1. The molecule has 7 heteroatoms. The molecule has 1 aromatic carbocycles. The third kappa shape index (κ3) is 4.08. The number of amides is 1. The second-order valence-corrected chi connectivity index (χ2v) is 7.93. The van der Waals surface area contributed by atoms with Crippen molar-refractivity contribution in [1.29, 1.82) is 0 Å². The van der Waals surface area contributed by atoms with E-state index in [4.69, 9.17) is 4.74 Å². The molecule has 2 N–H and O–H groups in total. The van der Waals surface area contributed by atoms with E-state index in [1.807, 2.05) is 28.9 Å². The normalized spacial score (nSPS) is 17.7. The first kappa shape index (κ1) is 19.6. The van der Waals surface area contributed by atoms with E-state index >= 15 is 0 Å². The van der Waals surface area contributed by atoms with Gasteiger partial charge in [-0.25, -0.2) is 0 Å². The maximum atomic E-state index is 12.9. The SMILES string of the molecule is CCCOc1ccccc1[C@@H]1SCC(=O)Nc2c1c(=O)[nH]n2[C@@H](C)CCC. The second kappa shape index (κ2) is 8.69. The summed E-state index contributed by atoms with van der Waals surface area (Å²) in [5.74, 6) is 1.56. The van der Waals surface area contributed by atoms with Crippen LogP contribution in [0.3, 0.4) is 0 Å². The molecule has 1 aliphatic rings. The van der Waals surface area contributed by atoms with Gasteiger partial charge in [0.25, 0.3) is 5.56 Å². The summed E-state index contributed by atoms with van der Waals surface area (Å²) >= 11 is 1.46. The summed E-state index contributed by atoms with van der Waals surface area (Å²) in [6, 6.07) is 7.88. The fourth-order valence-electron chi connectivity index (χ4n) is 3.41. The third-order valence-corrected chi connectivity index (χ3v) is 5.93. The topological polar surface area (TPSA) is 76.1 Å². The summed E-state index contributed by atoms with van der Waals surface area (Å²) in [6.45, 7) is 6.83. The van der Waals surface area contributed by atoms with Crippen LogP contribution in [0.4, 0.5) is 5.82 Å². The number of rotatable bonds is 7. The van der Waals surface area contributed by atoms with E-state index in [0.717, 1.165) is 30.6 Å². The highest BCUT2D eigenvalue weighted by molar-refractivity contribution is 8.00. The van der Waals surface area contributed by atoms with Crippen molar-refractivity contribution in [3.63, 3.8) is 0 Å². The highest BCUT2D eigenvalue weighted by Gasteiger charge is 2.32. The lowest BCUT2D eigenvalue weighted by molar-refractivity contribution is -0.113. The van der Waals surface area contributed by atoms with Crippen molar-refractivity contribution >= 4 is 23.5 Å². The van der Waals surface area contributed by atoms with Gasteiger partial charge in [-0.15, -0.1) is 11.8 Å². The van der Waals surface area contributed by atoms with Gasteiger partial charge in [-0.2, -0.15) is 0 Å². The van der Waals surface area contributed by atoms with E-state index in [2.05, 4.69) is 31.2 Å². The van der Waals surface area contributed by atoms with Gasteiger partial charge in [0.2, 0.25) is 5.91 Å². The van der Waals surface area contributed by atoms with Gasteiger partial charge in [-0.05, 0) is 25.8 Å². The van der Waals surface area contributed by atoms with E-state index in [9.17, 15) is 9.59 Å². The van der Waals surface area contributed by atoms with Crippen LogP contribution >= 0.6 is 11.8 Å². The number of hydrogen-bond donors (Lipinski definition) is 2. The lowest BCUT2D eigenvalue weighted by Crippen LogP contribution is -2.18. The number of nitrogens with one attached hydrogen (secondary N) is 2. The molecule has 0 aliphatic carbocycles. The van der Waals surface area contributed by atoms with Crippen LogP contribution < -0.4 is 15.6 Å². The maximum absolute atomic E-state index is 12.9. The minimum Gasteiger partial charge on any atom is -0.493 e. The maximum Gasteiger partial charge on any atom is 0.270 e. The molecule has 2 aromatic rings. The Morgan fingerprint density at radius 2 is 2.04 bits per heavy atom. The zero-order valence-corrected chi connectivity index (χ0v) is 16.9. The number of carbonyl (C=O) groups is 1. The summed E-state index contributed by atoms with van der Waals surface area (Å²) in [4.78, 5) is 25.2. The van der Waals surface area contributed by atoms with E-state index < -0.39 is 0 Å². The van der Waals surface area contributed by atoms with Crippen LogP contribution in [0.2, 0.25) is 0 Å². The molecule has 6 nitrogen and oxygen atoms in total. The Kier molecular flexibility index (Phi) is 6.31. The molecule has 0 saturated carbocycles. The first-order valence-corrected chi connectivity index (χ1v) is 10.6. The third-order valence-electron chi connectivity index (χ3n) is 4.67. The van der Waals surface area contributed by atoms with E-state index in [-0.39, 0.29) is 22.8 Å². The largest absolute Gasteiger partial charge is 0.493 e. The molecule has 0 spiro atoms. The van der Waals surface area contributed by atoms with Gasteiger partial charge < -0.3 is 10.1 Å². The van der Waals surface area contributed by atoms with Crippen LogP contribution in [-0.2, 0) is 4.79 Å². The summed E-state index contributed by atoms with van der Waals surface area (Å²) in [6.07, 6.45) is 2.82. The Labute approximate surface area is 163 Å². The zero-order valence-electron chi connectivity index (χ0n) is 16.1. The first-order valence-electron chi connectivity index (χ1n) is 9.54. The van der Waals surface area contributed by atoms with Crippen molar-refractivity contribution in [3.8, 4) is 5.75 Å². The van der Waals surface area contributed by atoms with Crippen LogP contribution in [0.25, 0.3) is 0 Å². The Bertz CT molecular complexity index is 858. The molecule has 0 fully saturated rings. The zero-order chi connectivity index (χ0) is 19.4.